The smallest absolute Gasteiger partial charge is 0.168 e. The number of carbonyl (C=O) groups is 1. The van der Waals surface area contributed by atoms with E-state index in [0.29, 0.717) is 0 Å². The second kappa shape index (κ2) is 8.84. The third-order valence-corrected chi connectivity index (χ3v) is 5.72. The molecular formula is C27H28N2O2. The molecule has 2 heterocycles. The molecule has 0 unspecified atom stereocenters. The summed E-state index contributed by atoms with van der Waals surface area (Å²) in [7, 11) is 1.66. The number of carbonyl (C=O) groups excluding carboxylic acids is 1. The number of aliphatic imine (C=N–C) groups is 1. The number of nitrogens with zero attached hydrogens (tertiary/aromatic N) is 2. The third-order valence-electron chi connectivity index (χ3n) is 5.72. The monoisotopic (exact) mass is 412 g/mol. The summed E-state index contributed by atoms with van der Waals surface area (Å²) in [4.78, 5) is 22.2. The number of hydrogen-bond donors (Lipinski definition) is 0. The first kappa shape index (κ1) is 21.0. The fourth-order valence-electron chi connectivity index (χ4n) is 4.16. The van der Waals surface area contributed by atoms with Crippen LogP contribution in [-0.4, -0.2) is 29.1 Å². The summed E-state index contributed by atoms with van der Waals surface area (Å²) in [6, 6.07) is 18.1. The van der Waals surface area contributed by atoms with Crippen molar-refractivity contribution in [1.29, 1.82) is 0 Å². The van der Waals surface area contributed by atoms with E-state index >= 15 is 0 Å². The van der Waals surface area contributed by atoms with Crippen molar-refractivity contribution in [2.75, 3.05) is 7.11 Å². The van der Waals surface area contributed by atoms with Crippen molar-refractivity contribution in [3.05, 3.63) is 94.8 Å². The molecule has 0 bridgehead atoms. The van der Waals surface area contributed by atoms with Crippen molar-refractivity contribution in [1.82, 2.24) is 4.98 Å². The van der Waals surface area contributed by atoms with Crippen LogP contribution in [0.1, 0.15) is 52.9 Å². The molecule has 4 heteroatoms. The van der Waals surface area contributed by atoms with Gasteiger partial charge in [0, 0.05) is 23.5 Å². The lowest BCUT2D eigenvalue weighted by Gasteiger charge is -2.29. The number of hydrogen-bond acceptors (Lipinski definition) is 4. The molecule has 0 atom stereocenters. The molecule has 1 aromatic heterocycles. The van der Waals surface area contributed by atoms with Crippen molar-refractivity contribution in [3.63, 3.8) is 0 Å². The lowest BCUT2D eigenvalue weighted by molar-refractivity contribution is 0.100. The Morgan fingerprint density at radius 3 is 2.55 bits per heavy atom. The lowest BCUT2D eigenvalue weighted by Crippen LogP contribution is -2.30. The predicted molar refractivity (Wildman–Crippen MR) is 124 cm³/mol. The highest BCUT2D eigenvalue weighted by Gasteiger charge is 2.28. The quantitative estimate of drug-likeness (QED) is 0.497. The molecule has 0 spiro atoms. The molecule has 1 aliphatic heterocycles. The van der Waals surface area contributed by atoms with Gasteiger partial charge in [-0.15, -0.1) is 0 Å². The molecule has 0 amide bonds. The zero-order valence-corrected chi connectivity index (χ0v) is 18.4. The van der Waals surface area contributed by atoms with E-state index in [1.54, 1.807) is 7.11 Å². The molecule has 0 aliphatic carbocycles. The number of fused-ring (bicyclic) bond motifs is 1. The van der Waals surface area contributed by atoms with E-state index in [4.69, 9.17) is 9.73 Å². The second-order valence-electron chi connectivity index (χ2n) is 8.73. The molecule has 3 aromatic rings. The van der Waals surface area contributed by atoms with Crippen molar-refractivity contribution in [3.8, 4) is 5.75 Å². The van der Waals surface area contributed by atoms with Crippen LogP contribution in [0.4, 0.5) is 0 Å². The lowest BCUT2D eigenvalue weighted by atomic mass is 9.85. The topological polar surface area (TPSA) is 51.5 Å². The second-order valence-corrected chi connectivity index (χ2v) is 8.73. The van der Waals surface area contributed by atoms with Crippen LogP contribution < -0.4 is 4.74 Å². The van der Waals surface area contributed by atoms with Crippen molar-refractivity contribution < 1.29 is 9.53 Å². The van der Waals surface area contributed by atoms with Gasteiger partial charge in [0.1, 0.15) is 5.75 Å². The summed E-state index contributed by atoms with van der Waals surface area (Å²) in [6.07, 6.45) is 6.59. The van der Waals surface area contributed by atoms with E-state index in [-0.39, 0.29) is 17.7 Å². The SMILES string of the molecule is COc1ccc2c(c1)C(CC(=O)c1cccc(CCc3ccncc3)c1)=NC(C)(C)C2. The van der Waals surface area contributed by atoms with Gasteiger partial charge in [0.2, 0.25) is 0 Å². The molecule has 0 radical (unpaired) electrons. The normalized spacial score (nSPS) is 14.5. The zero-order chi connectivity index (χ0) is 21.8. The van der Waals surface area contributed by atoms with Crippen LogP contribution in [0.2, 0.25) is 0 Å². The summed E-state index contributed by atoms with van der Waals surface area (Å²) in [5.74, 6) is 0.882. The number of ketones is 1. The third kappa shape index (κ3) is 5.08. The highest BCUT2D eigenvalue weighted by Crippen LogP contribution is 2.31. The Labute approximate surface area is 184 Å². The zero-order valence-electron chi connectivity index (χ0n) is 18.4. The largest absolute Gasteiger partial charge is 0.497 e. The summed E-state index contributed by atoms with van der Waals surface area (Å²) >= 11 is 0. The molecule has 4 rings (SSSR count). The minimum atomic E-state index is -0.219. The minimum Gasteiger partial charge on any atom is -0.497 e. The predicted octanol–water partition coefficient (Wildman–Crippen LogP) is 5.27. The van der Waals surface area contributed by atoms with E-state index < -0.39 is 0 Å². The average molecular weight is 413 g/mol. The van der Waals surface area contributed by atoms with Gasteiger partial charge in [0.05, 0.1) is 24.8 Å². The first-order chi connectivity index (χ1) is 14.9. The van der Waals surface area contributed by atoms with Gasteiger partial charge in [-0.05, 0) is 80.1 Å². The Bertz CT molecular complexity index is 1120. The standard InChI is InChI=1S/C27H28N2O2/c1-27(2)18-22-9-10-23(31-3)16-24(22)25(29-27)17-26(30)21-6-4-5-20(15-21)8-7-19-11-13-28-14-12-19/h4-6,9-16H,7-8,17-18H2,1-3H3. The first-order valence-electron chi connectivity index (χ1n) is 10.7. The summed E-state index contributed by atoms with van der Waals surface area (Å²) in [6.45, 7) is 4.23. The number of rotatable bonds is 7. The Balaban J connectivity index is 1.53. The van der Waals surface area contributed by atoms with E-state index in [0.717, 1.165) is 47.4 Å². The van der Waals surface area contributed by atoms with Crippen LogP contribution in [0.5, 0.6) is 5.75 Å². The van der Waals surface area contributed by atoms with Gasteiger partial charge in [-0.25, -0.2) is 0 Å². The molecule has 0 N–H and O–H groups in total. The molecule has 158 valence electrons. The van der Waals surface area contributed by atoms with Crippen LogP contribution in [0.15, 0.2) is 72.0 Å². The first-order valence-corrected chi connectivity index (χ1v) is 10.7. The molecule has 4 nitrogen and oxygen atoms in total. The fourth-order valence-corrected chi connectivity index (χ4v) is 4.16. The highest BCUT2D eigenvalue weighted by atomic mass is 16.5. The van der Waals surface area contributed by atoms with Crippen LogP contribution in [0, 0.1) is 0 Å². The fraction of sp³-hybridized carbons (Fsp3) is 0.296. The number of Topliss-reactive ketones (excluding diaryl/α,β-unsaturated/α-hetero) is 1. The maximum Gasteiger partial charge on any atom is 0.168 e. The van der Waals surface area contributed by atoms with Crippen LogP contribution in [-0.2, 0) is 19.3 Å². The average Bonchev–Trinajstić information content (AvgIpc) is 2.77. The van der Waals surface area contributed by atoms with Gasteiger partial charge >= 0.3 is 0 Å². The molecule has 0 saturated heterocycles. The van der Waals surface area contributed by atoms with Crippen molar-refractivity contribution >= 4 is 11.5 Å². The molecule has 0 saturated carbocycles. The maximum absolute atomic E-state index is 13.2. The van der Waals surface area contributed by atoms with Gasteiger partial charge < -0.3 is 4.74 Å². The van der Waals surface area contributed by atoms with Gasteiger partial charge in [0.15, 0.2) is 5.78 Å². The number of pyridine rings is 1. The van der Waals surface area contributed by atoms with Gasteiger partial charge in [-0.3, -0.25) is 14.8 Å². The van der Waals surface area contributed by atoms with Crippen LogP contribution >= 0.6 is 0 Å². The number of benzene rings is 2. The van der Waals surface area contributed by atoms with E-state index in [2.05, 4.69) is 31.0 Å². The molecular weight excluding hydrogens is 384 g/mol. The van der Waals surface area contributed by atoms with Crippen LogP contribution in [0.3, 0.4) is 0 Å². The number of methoxy groups -OCH3 is 1. The van der Waals surface area contributed by atoms with Gasteiger partial charge in [-0.2, -0.15) is 0 Å². The van der Waals surface area contributed by atoms with Crippen molar-refractivity contribution in [2.45, 2.75) is 45.1 Å². The highest BCUT2D eigenvalue weighted by molar-refractivity contribution is 6.17. The Kier molecular flexibility index (Phi) is 5.99. The van der Waals surface area contributed by atoms with Gasteiger partial charge in [0.25, 0.3) is 0 Å². The Hall–Kier alpha value is -3.27. The Morgan fingerprint density at radius 1 is 1.00 bits per heavy atom. The molecule has 1 aliphatic rings. The molecule has 2 aromatic carbocycles. The Morgan fingerprint density at radius 2 is 1.77 bits per heavy atom. The summed E-state index contributed by atoms with van der Waals surface area (Å²) in [5.41, 5.74) is 6.02. The maximum atomic E-state index is 13.2. The number of aromatic nitrogens is 1. The van der Waals surface area contributed by atoms with E-state index in [9.17, 15) is 4.79 Å². The van der Waals surface area contributed by atoms with Gasteiger partial charge in [-0.1, -0.05) is 24.3 Å². The van der Waals surface area contributed by atoms with E-state index in [1.165, 1.54) is 11.1 Å². The number of aryl methyl sites for hydroxylation is 2. The van der Waals surface area contributed by atoms with E-state index in [1.807, 2.05) is 54.9 Å². The molecule has 0 fully saturated rings. The minimum absolute atomic E-state index is 0.0935. The summed E-state index contributed by atoms with van der Waals surface area (Å²) < 4.78 is 5.41. The number of ether oxygens (including phenoxy) is 1. The summed E-state index contributed by atoms with van der Waals surface area (Å²) in [5, 5.41) is 0. The van der Waals surface area contributed by atoms with Crippen molar-refractivity contribution in [2.24, 2.45) is 4.99 Å². The van der Waals surface area contributed by atoms with Crippen LogP contribution in [0.25, 0.3) is 0 Å². The molecule has 31 heavy (non-hydrogen) atoms.